The largest absolute Gasteiger partial charge is 0.391 e. The zero-order chi connectivity index (χ0) is 18.6. The highest BCUT2D eigenvalue weighted by molar-refractivity contribution is 5.70. The minimum atomic E-state index is -0.428. The molecule has 0 saturated heterocycles. The molecule has 0 saturated carbocycles. The first-order valence-electron chi connectivity index (χ1n) is 8.90. The molecule has 2 aromatic heterocycles. The fourth-order valence-electron chi connectivity index (χ4n) is 2.97. The summed E-state index contributed by atoms with van der Waals surface area (Å²) in [4.78, 5) is 0. The van der Waals surface area contributed by atoms with E-state index in [0.29, 0.717) is 6.54 Å². The second-order valence-corrected chi connectivity index (χ2v) is 6.52. The second kappa shape index (κ2) is 7.51. The molecule has 0 fully saturated rings. The van der Waals surface area contributed by atoms with Crippen molar-refractivity contribution >= 4 is 0 Å². The molecule has 4 rings (SSSR count). The topological polar surface area (TPSA) is 63.8 Å². The maximum atomic E-state index is 9.51. The molecule has 1 atom stereocenters. The molecule has 0 aliphatic rings. The summed E-state index contributed by atoms with van der Waals surface area (Å²) in [5.41, 5.74) is 5.59. The Balaban J connectivity index is 1.60. The van der Waals surface area contributed by atoms with Crippen LogP contribution < -0.4 is 0 Å². The number of aromatic nitrogens is 4. The van der Waals surface area contributed by atoms with Gasteiger partial charge in [0.1, 0.15) is 0 Å². The normalized spacial score (nSPS) is 12.1. The van der Waals surface area contributed by atoms with Crippen LogP contribution in [-0.2, 0) is 6.54 Å². The van der Waals surface area contributed by atoms with E-state index in [2.05, 4.69) is 21.4 Å². The standard InChI is InChI=1S/C22H20N4O/c1-16(27)15-26-13-12-22(25-26)19-9-5-8-18(14-19)21-11-10-20(23-24-21)17-6-3-2-4-7-17/h2-14,16,27H,15H2,1H3/t16-/m0/s1. The quantitative estimate of drug-likeness (QED) is 0.586. The first kappa shape index (κ1) is 17.1. The van der Waals surface area contributed by atoms with E-state index in [1.807, 2.05) is 72.9 Å². The molecule has 27 heavy (non-hydrogen) atoms. The Morgan fingerprint density at radius 1 is 0.778 bits per heavy atom. The minimum Gasteiger partial charge on any atom is -0.391 e. The van der Waals surface area contributed by atoms with Gasteiger partial charge in [0.2, 0.25) is 0 Å². The van der Waals surface area contributed by atoms with E-state index in [1.165, 1.54) is 0 Å². The molecule has 5 nitrogen and oxygen atoms in total. The van der Waals surface area contributed by atoms with Gasteiger partial charge in [-0.05, 0) is 31.2 Å². The third-order valence-electron chi connectivity index (χ3n) is 4.28. The van der Waals surface area contributed by atoms with Gasteiger partial charge in [-0.3, -0.25) is 4.68 Å². The summed E-state index contributed by atoms with van der Waals surface area (Å²) in [6.07, 6.45) is 1.45. The van der Waals surface area contributed by atoms with E-state index in [4.69, 9.17) is 0 Å². The molecule has 0 amide bonds. The molecular weight excluding hydrogens is 336 g/mol. The summed E-state index contributed by atoms with van der Waals surface area (Å²) < 4.78 is 1.75. The van der Waals surface area contributed by atoms with Crippen molar-refractivity contribution in [1.82, 2.24) is 20.0 Å². The molecule has 134 valence electrons. The van der Waals surface area contributed by atoms with Crippen molar-refractivity contribution < 1.29 is 5.11 Å². The molecule has 0 radical (unpaired) electrons. The third-order valence-corrected chi connectivity index (χ3v) is 4.28. The molecule has 5 heteroatoms. The lowest BCUT2D eigenvalue weighted by atomic mass is 10.1. The Morgan fingerprint density at radius 2 is 1.41 bits per heavy atom. The van der Waals surface area contributed by atoms with Gasteiger partial charge in [0, 0.05) is 22.9 Å². The van der Waals surface area contributed by atoms with Gasteiger partial charge >= 0.3 is 0 Å². The predicted octanol–water partition coefficient (Wildman–Crippen LogP) is 4.05. The molecule has 0 aliphatic heterocycles. The molecule has 1 N–H and O–H groups in total. The lowest BCUT2D eigenvalue weighted by molar-refractivity contribution is 0.168. The van der Waals surface area contributed by atoms with Crippen LogP contribution in [0.4, 0.5) is 0 Å². The number of aliphatic hydroxyl groups excluding tert-OH is 1. The molecular formula is C22H20N4O. The van der Waals surface area contributed by atoms with Gasteiger partial charge in [0.05, 0.1) is 29.7 Å². The fourth-order valence-corrected chi connectivity index (χ4v) is 2.97. The Morgan fingerprint density at radius 3 is 2.07 bits per heavy atom. The van der Waals surface area contributed by atoms with Gasteiger partial charge in [0.25, 0.3) is 0 Å². The molecule has 2 heterocycles. The van der Waals surface area contributed by atoms with Crippen LogP contribution in [-0.4, -0.2) is 31.2 Å². The van der Waals surface area contributed by atoms with Gasteiger partial charge in [0.15, 0.2) is 0 Å². The van der Waals surface area contributed by atoms with Crippen LogP contribution in [0, 0.1) is 0 Å². The van der Waals surface area contributed by atoms with E-state index < -0.39 is 6.10 Å². The van der Waals surface area contributed by atoms with Crippen LogP contribution >= 0.6 is 0 Å². The molecule has 0 unspecified atom stereocenters. The maximum Gasteiger partial charge on any atom is 0.0930 e. The first-order valence-corrected chi connectivity index (χ1v) is 8.90. The van der Waals surface area contributed by atoms with Crippen LogP contribution in [0.5, 0.6) is 0 Å². The summed E-state index contributed by atoms with van der Waals surface area (Å²) in [6, 6.07) is 24.0. The fraction of sp³-hybridized carbons (Fsp3) is 0.136. The van der Waals surface area contributed by atoms with Gasteiger partial charge in [-0.1, -0.05) is 48.5 Å². The van der Waals surface area contributed by atoms with E-state index in [0.717, 1.165) is 33.8 Å². The van der Waals surface area contributed by atoms with Gasteiger partial charge in [-0.25, -0.2) is 0 Å². The number of aliphatic hydroxyl groups is 1. The van der Waals surface area contributed by atoms with Crippen molar-refractivity contribution in [2.45, 2.75) is 19.6 Å². The molecule has 4 aromatic rings. The Kier molecular flexibility index (Phi) is 4.77. The zero-order valence-electron chi connectivity index (χ0n) is 15.0. The first-order chi connectivity index (χ1) is 13.2. The van der Waals surface area contributed by atoms with Crippen LogP contribution in [0.2, 0.25) is 0 Å². The van der Waals surface area contributed by atoms with E-state index >= 15 is 0 Å². The van der Waals surface area contributed by atoms with Crippen molar-refractivity contribution in [3.8, 4) is 33.8 Å². The van der Waals surface area contributed by atoms with E-state index in [-0.39, 0.29) is 0 Å². The average molecular weight is 356 g/mol. The van der Waals surface area contributed by atoms with Gasteiger partial charge < -0.3 is 5.11 Å². The van der Waals surface area contributed by atoms with Crippen molar-refractivity contribution in [3.05, 3.63) is 79.0 Å². The SMILES string of the molecule is C[C@H](O)Cn1ccc(-c2cccc(-c3ccc(-c4ccccc4)nn3)c2)n1. The highest BCUT2D eigenvalue weighted by atomic mass is 16.3. The third kappa shape index (κ3) is 3.93. The zero-order valence-corrected chi connectivity index (χ0v) is 15.0. The molecule has 2 aromatic carbocycles. The van der Waals surface area contributed by atoms with Crippen molar-refractivity contribution in [2.24, 2.45) is 0 Å². The summed E-state index contributed by atoms with van der Waals surface area (Å²) >= 11 is 0. The highest BCUT2D eigenvalue weighted by Crippen LogP contribution is 2.25. The summed E-state index contributed by atoms with van der Waals surface area (Å²) in [6.45, 7) is 2.23. The maximum absolute atomic E-state index is 9.51. The summed E-state index contributed by atoms with van der Waals surface area (Å²) in [5, 5.41) is 22.8. The number of benzene rings is 2. The molecule has 0 aliphatic carbocycles. The van der Waals surface area contributed by atoms with Crippen LogP contribution in [0.25, 0.3) is 33.8 Å². The number of nitrogens with zero attached hydrogens (tertiary/aromatic N) is 4. The van der Waals surface area contributed by atoms with Crippen LogP contribution in [0.3, 0.4) is 0 Å². The number of rotatable bonds is 5. The van der Waals surface area contributed by atoms with Gasteiger partial charge in [-0.15, -0.1) is 10.2 Å². The monoisotopic (exact) mass is 356 g/mol. The Bertz CT molecular complexity index is 1020. The second-order valence-electron chi connectivity index (χ2n) is 6.52. The van der Waals surface area contributed by atoms with Crippen LogP contribution in [0.15, 0.2) is 79.0 Å². The average Bonchev–Trinajstić information content (AvgIpc) is 3.17. The Labute approximate surface area is 158 Å². The Hall–Kier alpha value is -3.31. The smallest absolute Gasteiger partial charge is 0.0930 e. The minimum absolute atomic E-state index is 0.428. The van der Waals surface area contributed by atoms with E-state index in [9.17, 15) is 5.11 Å². The predicted molar refractivity (Wildman–Crippen MR) is 106 cm³/mol. The summed E-state index contributed by atoms with van der Waals surface area (Å²) in [7, 11) is 0. The van der Waals surface area contributed by atoms with E-state index in [1.54, 1.807) is 11.6 Å². The van der Waals surface area contributed by atoms with Crippen molar-refractivity contribution in [2.75, 3.05) is 0 Å². The highest BCUT2D eigenvalue weighted by Gasteiger charge is 2.08. The lowest BCUT2D eigenvalue weighted by Crippen LogP contribution is -2.11. The van der Waals surface area contributed by atoms with Crippen molar-refractivity contribution in [1.29, 1.82) is 0 Å². The summed E-state index contributed by atoms with van der Waals surface area (Å²) in [5.74, 6) is 0. The van der Waals surface area contributed by atoms with Gasteiger partial charge in [-0.2, -0.15) is 5.10 Å². The molecule has 0 bridgehead atoms. The molecule has 0 spiro atoms. The lowest BCUT2D eigenvalue weighted by Gasteiger charge is -2.05. The van der Waals surface area contributed by atoms with Crippen molar-refractivity contribution in [3.63, 3.8) is 0 Å². The number of hydrogen-bond donors (Lipinski definition) is 1. The number of hydrogen-bond acceptors (Lipinski definition) is 4. The van der Waals surface area contributed by atoms with Crippen LogP contribution in [0.1, 0.15) is 6.92 Å².